The van der Waals surface area contributed by atoms with Gasteiger partial charge in [0.1, 0.15) is 5.76 Å². The smallest absolute Gasteiger partial charge is 0.227 e. The molecule has 0 bridgehead atoms. The van der Waals surface area contributed by atoms with Crippen molar-refractivity contribution in [3.05, 3.63) is 27.8 Å². The van der Waals surface area contributed by atoms with Crippen LogP contribution in [0, 0.1) is 6.92 Å². The van der Waals surface area contributed by atoms with Crippen LogP contribution in [0.15, 0.2) is 15.3 Å². The van der Waals surface area contributed by atoms with Gasteiger partial charge in [-0.2, -0.15) is 11.8 Å². The van der Waals surface area contributed by atoms with Crippen LogP contribution in [0.4, 0.5) is 0 Å². The van der Waals surface area contributed by atoms with Crippen LogP contribution in [0.1, 0.15) is 30.8 Å². The summed E-state index contributed by atoms with van der Waals surface area (Å²) in [6, 6.07) is 1.22. The van der Waals surface area contributed by atoms with Crippen LogP contribution in [0.2, 0.25) is 0 Å². The van der Waals surface area contributed by atoms with Gasteiger partial charge in [-0.1, -0.05) is 0 Å². The molecule has 1 aromatic rings. The number of hydrogen-bond acceptors (Lipinski definition) is 7. The Balaban J connectivity index is 2.18. The molecule has 1 aliphatic heterocycles. The fourth-order valence-electron chi connectivity index (χ4n) is 3.08. The van der Waals surface area contributed by atoms with E-state index in [1.807, 2.05) is 0 Å². The van der Waals surface area contributed by atoms with Crippen LogP contribution in [0.25, 0.3) is 0 Å². The normalized spacial score (nSPS) is 17.0. The largest absolute Gasteiger partial charge is 0.502 e. The topological polar surface area (TPSA) is 117 Å². The van der Waals surface area contributed by atoms with Crippen molar-refractivity contribution in [2.24, 2.45) is 0 Å². The van der Waals surface area contributed by atoms with Gasteiger partial charge in [0.25, 0.3) is 0 Å². The quantitative estimate of drug-likeness (QED) is 0.673. The molecule has 2 rings (SSSR count). The molecular formula is C17H26N2O6S2. The Labute approximate surface area is 163 Å². The highest BCUT2D eigenvalue weighted by atomic mass is 32.2. The zero-order valence-corrected chi connectivity index (χ0v) is 17.4. The second-order valence-electron chi connectivity index (χ2n) is 6.92. The van der Waals surface area contributed by atoms with E-state index in [1.165, 1.54) is 20.2 Å². The molecule has 1 aliphatic rings. The average Bonchev–Trinajstić information content (AvgIpc) is 2.58. The van der Waals surface area contributed by atoms with Gasteiger partial charge in [0, 0.05) is 38.5 Å². The number of carbonyl (C=O) groups is 1. The summed E-state index contributed by atoms with van der Waals surface area (Å²) in [4.78, 5) is 24.5. The van der Waals surface area contributed by atoms with Gasteiger partial charge in [-0.25, -0.2) is 12.7 Å². The number of aromatic hydroxyl groups is 1. The van der Waals surface area contributed by atoms with Crippen molar-refractivity contribution >= 4 is 27.7 Å². The van der Waals surface area contributed by atoms with Crippen molar-refractivity contribution in [1.29, 1.82) is 0 Å². The van der Waals surface area contributed by atoms with Crippen molar-refractivity contribution in [3.63, 3.8) is 0 Å². The third-order valence-electron chi connectivity index (χ3n) is 4.71. The van der Waals surface area contributed by atoms with Crippen molar-refractivity contribution < 1.29 is 22.7 Å². The minimum absolute atomic E-state index is 0.00603. The minimum atomic E-state index is -3.40. The zero-order valence-electron chi connectivity index (χ0n) is 15.8. The summed E-state index contributed by atoms with van der Waals surface area (Å²) in [5.74, 6) is 1.11. The Bertz CT molecular complexity index is 841. The fraction of sp³-hybridized carbons (Fsp3) is 0.647. The lowest BCUT2D eigenvalue weighted by molar-refractivity contribution is -0.122. The lowest BCUT2D eigenvalue weighted by atomic mass is 9.75. The fourth-order valence-corrected chi connectivity index (χ4v) is 5.08. The van der Waals surface area contributed by atoms with Gasteiger partial charge in [-0.05, 0) is 31.3 Å². The summed E-state index contributed by atoms with van der Waals surface area (Å²) < 4.78 is 30.4. The van der Waals surface area contributed by atoms with E-state index < -0.39 is 26.6 Å². The van der Waals surface area contributed by atoms with Gasteiger partial charge in [0.05, 0.1) is 5.75 Å². The van der Waals surface area contributed by atoms with Gasteiger partial charge < -0.3 is 14.8 Å². The Hall–Kier alpha value is -1.52. The van der Waals surface area contributed by atoms with Crippen molar-refractivity contribution in [2.75, 3.05) is 37.9 Å². The second-order valence-corrected chi connectivity index (χ2v) is 10.4. The first-order valence-corrected chi connectivity index (χ1v) is 11.4. The molecule has 1 saturated heterocycles. The molecule has 8 nitrogen and oxygen atoms in total. The number of nitrogens with zero attached hydrogens (tertiary/aromatic N) is 1. The number of rotatable bonds is 7. The number of carbonyl (C=O) groups excluding carboxylic acids is 1. The molecular weight excluding hydrogens is 392 g/mol. The van der Waals surface area contributed by atoms with Crippen molar-refractivity contribution in [3.8, 4) is 5.75 Å². The average molecular weight is 419 g/mol. The Morgan fingerprint density at radius 1 is 1.37 bits per heavy atom. The maximum Gasteiger partial charge on any atom is 0.227 e. The van der Waals surface area contributed by atoms with Crippen LogP contribution < -0.4 is 10.7 Å². The number of amides is 1. The summed E-state index contributed by atoms with van der Waals surface area (Å²) >= 11 is 1.74. The predicted octanol–water partition coefficient (Wildman–Crippen LogP) is 0.816. The van der Waals surface area contributed by atoms with Crippen LogP contribution in [-0.4, -0.2) is 61.6 Å². The van der Waals surface area contributed by atoms with E-state index in [4.69, 9.17) is 4.42 Å². The molecule has 0 unspecified atom stereocenters. The maximum atomic E-state index is 12.5. The highest BCUT2D eigenvalue weighted by Gasteiger charge is 2.41. The zero-order chi connectivity index (χ0) is 20.2. The highest BCUT2D eigenvalue weighted by molar-refractivity contribution is 7.99. The number of thioether (sulfide) groups is 1. The number of sulfonamides is 1. The highest BCUT2D eigenvalue weighted by Crippen LogP contribution is 2.43. The Morgan fingerprint density at radius 2 is 2.00 bits per heavy atom. The second kappa shape index (κ2) is 8.66. The van der Waals surface area contributed by atoms with Gasteiger partial charge in [0.15, 0.2) is 5.76 Å². The molecule has 2 N–H and O–H groups in total. The van der Waals surface area contributed by atoms with E-state index in [2.05, 4.69) is 5.32 Å². The van der Waals surface area contributed by atoms with Crippen LogP contribution in [-0.2, 0) is 20.2 Å². The van der Waals surface area contributed by atoms with E-state index in [0.29, 0.717) is 18.6 Å². The van der Waals surface area contributed by atoms with Crippen LogP contribution >= 0.6 is 11.8 Å². The summed E-state index contributed by atoms with van der Waals surface area (Å²) in [7, 11) is -0.519. The number of aryl methyl sites for hydroxylation is 1. The Morgan fingerprint density at radius 3 is 2.59 bits per heavy atom. The summed E-state index contributed by atoms with van der Waals surface area (Å²) in [5, 5.41) is 12.9. The standard InChI is InChI=1S/C17H26N2O6S2/c1-12-10-13(20)15(22)16(25-12)17(4-7-26-8-5-17)11-14(21)18-6-9-27(23,24)19(2)3/h10,22H,4-9,11H2,1-3H3,(H,18,21). The lowest BCUT2D eigenvalue weighted by Crippen LogP contribution is -2.40. The SMILES string of the molecule is Cc1cc(=O)c(O)c(C2(CC(=O)NCCS(=O)(=O)N(C)C)CCSCC2)o1. The van der Waals surface area contributed by atoms with Gasteiger partial charge in [-0.3, -0.25) is 9.59 Å². The molecule has 1 fully saturated rings. The molecule has 27 heavy (non-hydrogen) atoms. The van der Waals surface area contributed by atoms with Gasteiger partial charge in [0.2, 0.25) is 27.1 Å². The molecule has 0 radical (unpaired) electrons. The number of hydrogen-bond donors (Lipinski definition) is 2. The molecule has 1 amide bonds. The van der Waals surface area contributed by atoms with Crippen molar-refractivity contribution in [2.45, 2.75) is 31.6 Å². The first-order valence-electron chi connectivity index (χ1n) is 8.66. The summed E-state index contributed by atoms with van der Waals surface area (Å²) in [6.07, 6.45) is 1.19. The molecule has 0 atom stereocenters. The minimum Gasteiger partial charge on any atom is -0.502 e. The van der Waals surface area contributed by atoms with E-state index in [-0.39, 0.29) is 30.4 Å². The first kappa shape index (κ1) is 21.8. The monoisotopic (exact) mass is 418 g/mol. The lowest BCUT2D eigenvalue weighted by Gasteiger charge is -2.35. The summed E-state index contributed by atoms with van der Waals surface area (Å²) in [5.41, 5.74) is -1.30. The molecule has 0 spiro atoms. The maximum absolute atomic E-state index is 12.5. The van der Waals surface area contributed by atoms with E-state index in [9.17, 15) is 23.1 Å². The van der Waals surface area contributed by atoms with Crippen LogP contribution in [0.3, 0.4) is 0 Å². The molecule has 0 aliphatic carbocycles. The Kier molecular flexibility index (Phi) is 6.98. The third kappa shape index (κ3) is 5.26. The molecule has 1 aromatic heterocycles. The molecule has 0 aromatic carbocycles. The molecule has 10 heteroatoms. The first-order chi connectivity index (χ1) is 12.6. The van der Waals surface area contributed by atoms with Crippen LogP contribution in [0.5, 0.6) is 5.75 Å². The molecule has 152 valence electrons. The van der Waals surface area contributed by atoms with Gasteiger partial charge in [-0.15, -0.1) is 0 Å². The van der Waals surface area contributed by atoms with E-state index in [0.717, 1.165) is 15.8 Å². The van der Waals surface area contributed by atoms with Gasteiger partial charge >= 0.3 is 0 Å². The third-order valence-corrected chi connectivity index (χ3v) is 7.53. The summed E-state index contributed by atoms with van der Waals surface area (Å²) in [6.45, 7) is 1.62. The molecule has 0 saturated carbocycles. The molecule has 2 heterocycles. The predicted molar refractivity (Wildman–Crippen MR) is 105 cm³/mol. The van der Waals surface area contributed by atoms with E-state index >= 15 is 0 Å². The number of nitrogens with one attached hydrogen (secondary N) is 1. The van der Waals surface area contributed by atoms with Crippen molar-refractivity contribution in [1.82, 2.24) is 9.62 Å². The van der Waals surface area contributed by atoms with E-state index in [1.54, 1.807) is 18.7 Å².